The van der Waals surface area contributed by atoms with Crippen LogP contribution in [0.3, 0.4) is 0 Å². The van der Waals surface area contributed by atoms with E-state index in [1.165, 1.54) is 17.8 Å². The average Bonchev–Trinajstić information content (AvgIpc) is 3.31. The van der Waals surface area contributed by atoms with E-state index in [0.717, 1.165) is 31.4 Å². The number of piperazine rings is 1. The second-order valence-electron chi connectivity index (χ2n) is 7.75. The minimum atomic E-state index is -0.00567. The zero-order valence-electron chi connectivity index (χ0n) is 16.6. The Labute approximate surface area is 175 Å². The van der Waals surface area contributed by atoms with Crippen LogP contribution < -0.4 is 4.74 Å². The number of hydrogen-bond acceptors (Lipinski definition) is 5. The van der Waals surface area contributed by atoms with Crippen LogP contribution in [-0.2, 0) is 11.4 Å². The lowest BCUT2D eigenvalue weighted by molar-refractivity contribution is -0.138. The molecule has 1 aromatic heterocycles. The molecular weight excluding hydrogens is 386 g/mol. The highest BCUT2D eigenvalue weighted by Crippen LogP contribution is 2.26. The molecule has 2 aromatic rings. The summed E-state index contributed by atoms with van der Waals surface area (Å²) in [6.45, 7) is 2.81. The Hall–Kier alpha value is -2.41. The summed E-state index contributed by atoms with van der Waals surface area (Å²) in [5, 5.41) is 1.95. The smallest absolute Gasteiger partial charge is 0.254 e. The van der Waals surface area contributed by atoms with Gasteiger partial charge in [0.05, 0.1) is 11.2 Å². The van der Waals surface area contributed by atoms with Crippen LogP contribution in [0.2, 0.25) is 0 Å². The Morgan fingerprint density at radius 3 is 2.55 bits per heavy atom. The van der Waals surface area contributed by atoms with Crippen molar-refractivity contribution in [2.75, 3.05) is 26.2 Å². The van der Waals surface area contributed by atoms with E-state index in [-0.39, 0.29) is 17.7 Å². The third-order valence-electron chi connectivity index (χ3n) is 5.78. The largest absolute Gasteiger partial charge is 0.487 e. The summed E-state index contributed by atoms with van der Waals surface area (Å²) < 4.78 is 5.76. The van der Waals surface area contributed by atoms with Crippen molar-refractivity contribution in [3.63, 3.8) is 0 Å². The number of nitrogens with zero attached hydrogens (tertiary/aromatic N) is 3. The molecule has 0 spiro atoms. The maximum atomic E-state index is 12.9. The molecule has 1 aliphatic carbocycles. The molecular formula is C22H27N3O3S. The van der Waals surface area contributed by atoms with Gasteiger partial charge in [-0.25, -0.2) is 4.98 Å². The fraction of sp³-hybridized carbons (Fsp3) is 0.500. The fourth-order valence-electron chi connectivity index (χ4n) is 4.11. The summed E-state index contributed by atoms with van der Waals surface area (Å²) in [5.41, 5.74) is 3.27. The lowest BCUT2D eigenvalue weighted by atomic mass is 9.88. The van der Waals surface area contributed by atoms with Gasteiger partial charge in [0.25, 0.3) is 5.91 Å². The van der Waals surface area contributed by atoms with Gasteiger partial charge in [-0.15, -0.1) is 11.3 Å². The lowest BCUT2D eigenvalue weighted by Gasteiger charge is -2.37. The van der Waals surface area contributed by atoms with Gasteiger partial charge in [0.2, 0.25) is 5.91 Å². The molecule has 2 fully saturated rings. The topological polar surface area (TPSA) is 62.7 Å². The summed E-state index contributed by atoms with van der Waals surface area (Å²) in [6, 6.07) is 7.29. The number of thiazole rings is 1. The summed E-state index contributed by atoms with van der Waals surface area (Å²) in [4.78, 5) is 33.6. The lowest BCUT2D eigenvalue weighted by Crippen LogP contribution is -2.52. The van der Waals surface area contributed by atoms with Crippen LogP contribution in [0.4, 0.5) is 0 Å². The normalized spacial score (nSPS) is 17.9. The molecule has 1 aromatic carbocycles. The molecule has 0 N–H and O–H groups in total. The predicted octanol–water partition coefficient (Wildman–Crippen LogP) is 3.59. The number of rotatable bonds is 5. The predicted molar refractivity (Wildman–Crippen MR) is 112 cm³/mol. The van der Waals surface area contributed by atoms with E-state index in [9.17, 15) is 9.59 Å². The van der Waals surface area contributed by atoms with Crippen LogP contribution in [0.25, 0.3) is 0 Å². The van der Waals surface area contributed by atoms with Crippen LogP contribution >= 0.6 is 11.3 Å². The highest BCUT2D eigenvalue weighted by atomic mass is 32.1. The second-order valence-corrected chi connectivity index (χ2v) is 8.47. The number of ether oxygens (including phenoxy) is 1. The molecule has 1 saturated heterocycles. The maximum absolute atomic E-state index is 12.9. The Morgan fingerprint density at radius 1 is 1.07 bits per heavy atom. The Balaban J connectivity index is 1.31. The number of carbonyl (C=O) groups is 2. The number of hydrogen-bond donors (Lipinski definition) is 0. The zero-order chi connectivity index (χ0) is 20.1. The standard InChI is InChI=1S/C22H27N3O3S/c26-21(17-5-2-1-3-6-17)24-9-11-25(12-10-24)22(27)18-7-4-8-20(13-18)28-14-19-15-29-16-23-19/h4,7-8,13,15-17H,1-3,5-6,9-12,14H2. The summed E-state index contributed by atoms with van der Waals surface area (Å²) in [6.07, 6.45) is 5.61. The van der Waals surface area contributed by atoms with Crippen molar-refractivity contribution in [3.8, 4) is 5.75 Å². The first kappa shape index (κ1) is 19.9. The van der Waals surface area contributed by atoms with Crippen molar-refractivity contribution in [3.05, 3.63) is 46.4 Å². The van der Waals surface area contributed by atoms with Crippen molar-refractivity contribution in [1.29, 1.82) is 0 Å². The maximum Gasteiger partial charge on any atom is 0.254 e. The summed E-state index contributed by atoms with van der Waals surface area (Å²) in [5.74, 6) is 1.13. The molecule has 0 atom stereocenters. The van der Waals surface area contributed by atoms with Gasteiger partial charge in [0.15, 0.2) is 0 Å². The molecule has 7 heteroatoms. The van der Waals surface area contributed by atoms with E-state index >= 15 is 0 Å². The number of carbonyl (C=O) groups excluding carboxylic acids is 2. The van der Waals surface area contributed by atoms with Crippen molar-refractivity contribution < 1.29 is 14.3 Å². The molecule has 2 aliphatic rings. The number of benzene rings is 1. The average molecular weight is 414 g/mol. The minimum absolute atomic E-state index is 0.00567. The molecule has 0 unspecified atom stereocenters. The summed E-state index contributed by atoms with van der Waals surface area (Å²) in [7, 11) is 0. The molecule has 6 nitrogen and oxygen atoms in total. The molecule has 4 rings (SSSR count). The van der Waals surface area contributed by atoms with E-state index in [0.29, 0.717) is 44.1 Å². The van der Waals surface area contributed by atoms with Gasteiger partial charge in [-0.3, -0.25) is 9.59 Å². The third-order valence-corrected chi connectivity index (χ3v) is 6.42. The van der Waals surface area contributed by atoms with E-state index < -0.39 is 0 Å². The van der Waals surface area contributed by atoms with Gasteiger partial charge in [-0.05, 0) is 31.0 Å². The van der Waals surface area contributed by atoms with Crippen molar-refractivity contribution in [1.82, 2.24) is 14.8 Å². The molecule has 0 radical (unpaired) electrons. The summed E-state index contributed by atoms with van der Waals surface area (Å²) >= 11 is 1.53. The first-order valence-electron chi connectivity index (χ1n) is 10.4. The first-order chi connectivity index (χ1) is 14.2. The molecule has 1 saturated carbocycles. The van der Waals surface area contributed by atoms with Gasteiger partial charge < -0.3 is 14.5 Å². The Kier molecular flexibility index (Phi) is 6.44. The van der Waals surface area contributed by atoms with Crippen LogP contribution in [0.5, 0.6) is 5.75 Å². The van der Waals surface area contributed by atoms with E-state index in [1.54, 1.807) is 11.6 Å². The molecule has 154 valence electrons. The van der Waals surface area contributed by atoms with Gasteiger partial charge >= 0.3 is 0 Å². The molecule has 1 aliphatic heterocycles. The van der Waals surface area contributed by atoms with Crippen molar-refractivity contribution in [2.45, 2.75) is 38.7 Å². The van der Waals surface area contributed by atoms with E-state index in [4.69, 9.17) is 4.74 Å². The van der Waals surface area contributed by atoms with Crippen LogP contribution in [0, 0.1) is 5.92 Å². The van der Waals surface area contributed by atoms with Crippen molar-refractivity contribution in [2.24, 2.45) is 5.92 Å². The molecule has 29 heavy (non-hydrogen) atoms. The fourth-order valence-corrected chi connectivity index (χ4v) is 4.65. The van der Waals surface area contributed by atoms with E-state index in [2.05, 4.69) is 4.98 Å². The highest BCUT2D eigenvalue weighted by Gasteiger charge is 2.30. The first-order valence-corrected chi connectivity index (χ1v) is 11.3. The van der Waals surface area contributed by atoms with Gasteiger partial charge in [-0.1, -0.05) is 25.3 Å². The number of aromatic nitrogens is 1. The van der Waals surface area contributed by atoms with Gasteiger partial charge in [-0.2, -0.15) is 0 Å². The van der Waals surface area contributed by atoms with Crippen LogP contribution in [0.15, 0.2) is 35.2 Å². The van der Waals surface area contributed by atoms with Crippen LogP contribution in [0.1, 0.15) is 48.2 Å². The SMILES string of the molecule is O=C(c1cccc(OCc2cscn2)c1)N1CCN(C(=O)C2CCCCC2)CC1. The zero-order valence-corrected chi connectivity index (χ0v) is 17.4. The highest BCUT2D eigenvalue weighted by molar-refractivity contribution is 7.07. The Bertz CT molecular complexity index is 826. The molecule has 2 amide bonds. The molecule has 2 heterocycles. The second kappa shape index (κ2) is 9.39. The molecule has 0 bridgehead atoms. The number of amides is 2. The van der Waals surface area contributed by atoms with Crippen LogP contribution in [-0.4, -0.2) is 52.8 Å². The minimum Gasteiger partial charge on any atom is -0.487 e. The van der Waals surface area contributed by atoms with Gasteiger partial charge in [0.1, 0.15) is 12.4 Å². The monoisotopic (exact) mass is 413 g/mol. The quantitative estimate of drug-likeness (QED) is 0.752. The van der Waals surface area contributed by atoms with Gasteiger partial charge in [0, 0.05) is 43.0 Å². The van der Waals surface area contributed by atoms with Crippen molar-refractivity contribution >= 4 is 23.2 Å². The Morgan fingerprint density at radius 2 is 1.83 bits per heavy atom. The van der Waals surface area contributed by atoms with E-state index in [1.807, 2.05) is 33.4 Å². The third kappa shape index (κ3) is 4.96.